The lowest BCUT2D eigenvalue weighted by Gasteiger charge is -2.31. The first-order valence-electron chi connectivity index (χ1n) is 10.1. The van der Waals surface area contributed by atoms with E-state index in [9.17, 15) is 14.0 Å². The minimum absolute atomic E-state index is 0.188. The van der Waals surface area contributed by atoms with Crippen LogP contribution >= 0.6 is 11.3 Å². The fourth-order valence-corrected chi connectivity index (χ4v) is 4.85. The van der Waals surface area contributed by atoms with Gasteiger partial charge in [-0.05, 0) is 38.0 Å². The van der Waals surface area contributed by atoms with Crippen molar-refractivity contribution in [1.29, 1.82) is 0 Å². The Balaban J connectivity index is 1.51. The number of nitrogens with zero attached hydrogens (tertiary/aromatic N) is 3. The highest BCUT2D eigenvalue weighted by molar-refractivity contribution is 7.21. The van der Waals surface area contributed by atoms with E-state index in [2.05, 4.69) is 9.97 Å². The van der Waals surface area contributed by atoms with Crippen LogP contribution in [0.3, 0.4) is 0 Å². The Morgan fingerprint density at radius 3 is 2.81 bits per heavy atom. The van der Waals surface area contributed by atoms with Crippen molar-refractivity contribution in [2.24, 2.45) is 5.92 Å². The zero-order valence-electron chi connectivity index (χ0n) is 17.0. The summed E-state index contributed by atoms with van der Waals surface area (Å²) in [5, 5.41) is 0.298. The van der Waals surface area contributed by atoms with Crippen LogP contribution in [-0.4, -0.2) is 41.6 Å². The zero-order valence-corrected chi connectivity index (χ0v) is 17.9. The van der Waals surface area contributed by atoms with Gasteiger partial charge in [-0.1, -0.05) is 6.07 Å². The van der Waals surface area contributed by atoms with Crippen LogP contribution in [0.2, 0.25) is 0 Å². The van der Waals surface area contributed by atoms with E-state index in [4.69, 9.17) is 9.47 Å². The van der Waals surface area contributed by atoms with Crippen molar-refractivity contribution in [1.82, 2.24) is 9.97 Å². The van der Waals surface area contributed by atoms with Gasteiger partial charge in [0.25, 0.3) is 0 Å². The molecule has 0 spiro atoms. The molecule has 0 N–H and O–H groups in total. The number of rotatable bonds is 6. The van der Waals surface area contributed by atoms with E-state index in [0.717, 1.165) is 24.3 Å². The van der Waals surface area contributed by atoms with Gasteiger partial charge in [-0.3, -0.25) is 4.79 Å². The molecule has 162 valence electrons. The van der Waals surface area contributed by atoms with Gasteiger partial charge in [-0.15, -0.1) is 11.3 Å². The summed E-state index contributed by atoms with van der Waals surface area (Å²) in [7, 11) is 0. The van der Waals surface area contributed by atoms with Crippen LogP contribution in [0.1, 0.15) is 35.0 Å². The molecule has 0 saturated carbocycles. The van der Waals surface area contributed by atoms with E-state index in [1.54, 1.807) is 37.5 Å². The molecule has 31 heavy (non-hydrogen) atoms. The lowest BCUT2D eigenvalue weighted by Crippen LogP contribution is -2.40. The van der Waals surface area contributed by atoms with Crippen molar-refractivity contribution >= 4 is 39.3 Å². The summed E-state index contributed by atoms with van der Waals surface area (Å²) >= 11 is 1.14. The average molecular weight is 444 g/mol. The summed E-state index contributed by atoms with van der Waals surface area (Å²) in [4.78, 5) is 35.9. The first-order valence-corrected chi connectivity index (χ1v) is 11.0. The Bertz CT molecular complexity index is 1090. The van der Waals surface area contributed by atoms with Gasteiger partial charge in [0.1, 0.15) is 17.3 Å². The number of hydrogen-bond acceptors (Lipinski definition) is 8. The first-order chi connectivity index (χ1) is 15.1. The number of carbonyl (C=O) groups excluding carboxylic acids is 2. The number of benzene rings is 1. The molecule has 1 aromatic carbocycles. The third kappa shape index (κ3) is 4.51. The lowest BCUT2D eigenvalue weighted by atomic mass is 9.98. The molecular weight excluding hydrogens is 421 g/mol. The molecule has 1 aliphatic heterocycles. The summed E-state index contributed by atoms with van der Waals surface area (Å²) in [5.41, 5.74) is 0.351. The summed E-state index contributed by atoms with van der Waals surface area (Å²) in [5.74, 6) is -1.15. The van der Waals surface area contributed by atoms with Crippen molar-refractivity contribution in [2.45, 2.75) is 26.4 Å². The maximum absolute atomic E-state index is 14.5. The van der Waals surface area contributed by atoms with Crippen LogP contribution in [0.4, 0.5) is 10.3 Å². The third-order valence-corrected chi connectivity index (χ3v) is 6.35. The number of hydrogen-bond donors (Lipinski definition) is 0. The second kappa shape index (κ2) is 9.38. The van der Waals surface area contributed by atoms with Crippen LogP contribution < -0.4 is 4.90 Å². The molecule has 9 heteroatoms. The predicted molar refractivity (Wildman–Crippen MR) is 115 cm³/mol. The normalized spacial score (nSPS) is 16.3. The number of halogens is 1. The van der Waals surface area contributed by atoms with Crippen LogP contribution in [-0.2, 0) is 20.9 Å². The maximum Gasteiger partial charge on any atom is 0.348 e. The van der Waals surface area contributed by atoms with Crippen molar-refractivity contribution in [3.63, 3.8) is 0 Å². The molecule has 0 bridgehead atoms. The number of thiophene rings is 1. The molecule has 4 rings (SSSR count). The molecule has 1 atom stereocenters. The monoisotopic (exact) mass is 443 g/mol. The highest BCUT2D eigenvalue weighted by Gasteiger charge is 2.29. The summed E-state index contributed by atoms with van der Waals surface area (Å²) in [6.45, 7) is 2.94. The molecule has 1 aliphatic rings. The quantitative estimate of drug-likeness (QED) is 0.533. The number of anilines is 1. The van der Waals surface area contributed by atoms with E-state index in [1.807, 2.05) is 4.90 Å². The molecule has 0 amide bonds. The maximum atomic E-state index is 14.5. The number of esters is 2. The van der Waals surface area contributed by atoms with Gasteiger partial charge in [0.05, 0.1) is 12.5 Å². The molecule has 2 aromatic heterocycles. The Hall–Kier alpha value is -3.07. The zero-order chi connectivity index (χ0) is 21.8. The third-order valence-electron chi connectivity index (χ3n) is 5.17. The standard InChI is InChI=1S/C22H22FN3O4S/c1-2-29-21(28)19-15(18-16(23)7-3-8-17(18)31-19)13-30-20(27)14-6-4-11-26(12-14)22-24-9-5-10-25-22/h3,5,7-10,14H,2,4,6,11-13H2,1H3/t14-/m0/s1. The van der Waals surface area contributed by atoms with Gasteiger partial charge in [0.15, 0.2) is 0 Å². The molecule has 1 fully saturated rings. The average Bonchev–Trinajstić information content (AvgIpc) is 3.18. The number of piperidine rings is 1. The highest BCUT2D eigenvalue weighted by Crippen LogP contribution is 2.34. The fraction of sp³-hybridized carbons (Fsp3) is 0.364. The Morgan fingerprint density at radius 2 is 2.03 bits per heavy atom. The van der Waals surface area contributed by atoms with E-state index in [-0.39, 0.29) is 30.0 Å². The van der Waals surface area contributed by atoms with Crippen LogP contribution in [0, 0.1) is 11.7 Å². The molecule has 3 aromatic rings. The van der Waals surface area contributed by atoms with E-state index >= 15 is 0 Å². The number of fused-ring (bicyclic) bond motifs is 1. The molecule has 0 radical (unpaired) electrons. The second-order valence-corrected chi connectivity index (χ2v) is 8.24. The number of ether oxygens (including phenoxy) is 2. The van der Waals surface area contributed by atoms with Gasteiger partial charge in [0.2, 0.25) is 5.95 Å². The Labute approximate surface area is 182 Å². The summed E-state index contributed by atoms with van der Waals surface area (Å²) in [6, 6.07) is 6.38. The summed E-state index contributed by atoms with van der Waals surface area (Å²) in [6.07, 6.45) is 4.82. The van der Waals surface area contributed by atoms with Gasteiger partial charge < -0.3 is 14.4 Å². The van der Waals surface area contributed by atoms with Crippen molar-refractivity contribution in [3.05, 3.63) is 52.9 Å². The van der Waals surface area contributed by atoms with Crippen molar-refractivity contribution in [2.75, 3.05) is 24.6 Å². The molecule has 0 unspecified atom stereocenters. The largest absolute Gasteiger partial charge is 0.462 e. The van der Waals surface area contributed by atoms with Crippen LogP contribution in [0.15, 0.2) is 36.7 Å². The fourth-order valence-electron chi connectivity index (χ4n) is 3.73. The first kappa shape index (κ1) is 21.2. The lowest BCUT2D eigenvalue weighted by molar-refractivity contribution is -0.150. The van der Waals surface area contributed by atoms with Gasteiger partial charge >= 0.3 is 11.9 Å². The number of carbonyl (C=O) groups is 2. The molecule has 3 heterocycles. The molecule has 0 aliphatic carbocycles. The minimum Gasteiger partial charge on any atom is -0.462 e. The van der Waals surface area contributed by atoms with Crippen LogP contribution in [0.25, 0.3) is 10.1 Å². The predicted octanol–water partition coefficient (Wildman–Crippen LogP) is 3.97. The van der Waals surface area contributed by atoms with Crippen LogP contribution in [0.5, 0.6) is 0 Å². The van der Waals surface area contributed by atoms with Gasteiger partial charge in [-0.2, -0.15) is 0 Å². The Morgan fingerprint density at radius 1 is 1.23 bits per heavy atom. The second-order valence-electron chi connectivity index (χ2n) is 7.18. The molecule has 7 nitrogen and oxygen atoms in total. The van der Waals surface area contributed by atoms with E-state index < -0.39 is 11.8 Å². The highest BCUT2D eigenvalue weighted by atomic mass is 32.1. The summed E-state index contributed by atoms with van der Waals surface area (Å²) < 4.78 is 25.8. The van der Waals surface area contributed by atoms with Crippen molar-refractivity contribution < 1.29 is 23.5 Å². The topological polar surface area (TPSA) is 81.6 Å². The smallest absolute Gasteiger partial charge is 0.348 e. The molecule has 1 saturated heterocycles. The minimum atomic E-state index is -0.542. The van der Waals surface area contributed by atoms with Gasteiger partial charge in [-0.25, -0.2) is 19.2 Å². The van der Waals surface area contributed by atoms with E-state index in [1.165, 1.54) is 6.07 Å². The molecular formula is C22H22FN3O4S. The van der Waals surface area contributed by atoms with Crippen molar-refractivity contribution in [3.8, 4) is 0 Å². The number of aromatic nitrogens is 2. The van der Waals surface area contributed by atoms with E-state index in [0.29, 0.717) is 34.6 Å². The van der Waals surface area contributed by atoms with Gasteiger partial charge in [0, 0.05) is 41.1 Å². The Kier molecular flexibility index (Phi) is 6.41. The SMILES string of the molecule is CCOC(=O)c1sc2cccc(F)c2c1COC(=O)[C@H]1CCCN(c2ncccn2)C1.